The van der Waals surface area contributed by atoms with Gasteiger partial charge < -0.3 is 11.1 Å². The second kappa shape index (κ2) is 5.12. The van der Waals surface area contributed by atoms with Gasteiger partial charge in [0.25, 0.3) is 0 Å². The van der Waals surface area contributed by atoms with E-state index in [0.717, 1.165) is 6.07 Å². The van der Waals surface area contributed by atoms with Gasteiger partial charge in [-0.3, -0.25) is 4.79 Å². The van der Waals surface area contributed by atoms with E-state index in [1.165, 1.54) is 13.0 Å². The standard InChI is InChI=1S/C11H10F2N2O/c1-7(16)15-6-2-3-8-10(14)5-4-9(12)11(8)13/h4-5H,6,14H2,1H3,(H,15,16). The van der Waals surface area contributed by atoms with Crippen LogP contribution in [-0.2, 0) is 4.79 Å². The van der Waals surface area contributed by atoms with Crippen molar-refractivity contribution in [3.05, 3.63) is 29.3 Å². The Labute approximate surface area is 91.6 Å². The molecule has 3 nitrogen and oxygen atoms in total. The Bertz CT molecular complexity index is 475. The Balaban J connectivity index is 2.88. The summed E-state index contributed by atoms with van der Waals surface area (Å²) >= 11 is 0. The van der Waals surface area contributed by atoms with Crippen LogP contribution in [0.2, 0.25) is 0 Å². The molecule has 0 heterocycles. The van der Waals surface area contributed by atoms with E-state index in [2.05, 4.69) is 17.2 Å². The van der Waals surface area contributed by atoms with E-state index in [9.17, 15) is 13.6 Å². The predicted molar refractivity (Wildman–Crippen MR) is 56.3 cm³/mol. The summed E-state index contributed by atoms with van der Waals surface area (Å²) in [5, 5.41) is 2.40. The third kappa shape index (κ3) is 2.95. The third-order valence-electron chi connectivity index (χ3n) is 1.77. The largest absolute Gasteiger partial charge is 0.398 e. The van der Waals surface area contributed by atoms with Crippen LogP contribution in [0.25, 0.3) is 0 Å². The maximum Gasteiger partial charge on any atom is 0.217 e. The Morgan fingerprint density at radius 3 is 2.81 bits per heavy atom. The molecule has 0 fully saturated rings. The molecule has 1 rings (SSSR count). The lowest BCUT2D eigenvalue weighted by molar-refractivity contribution is -0.118. The topological polar surface area (TPSA) is 55.1 Å². The zero-order valence-corrected chi connectivity index (χ0v) is 8.60. The number of hydrogen-bond acceptors (Lipinski definition) is 2. The maximum atomic E-state index is 13.2. The van der Waals surface area contributed by atoms with Crippen molar-refractivity contribution < 1.29 is 13.6 Å². The molecule has 5 heteroatoms. The van der Waals surface area contributed by atoms with Crippen LogP contribution in [0.3, 0.4) is 0 Å². The number of benzene rings is 1. The molecule has 0 aliphatic heterocycles. The molecule has 0 aliphatic carbocycles. The third-order valence-corrected chi connectivity index (χ3v) is 1.77. The molecule has 1 aromatic rings. The van der Waals surface area contributed by atoms with Gasteiger partial charge in [0.15, 0.2) is 11.6 Å². The van der Waals surface area contributed by atoms with Crippen molar-refractivity contribution in [1.82, 2.24) is 5.32 Å². The fourth-order valence-electron chi connectivity index (χ4n) is 0.994. The lowest BCUT2D eigenvalue weighted by atomic mass is 10.1. The lowest BCUT2D eigenvalue weighted by Gasteiger charge is -2.00. The first-order valence-electron chi connectivity index (χ1n) is 4.49. The minimum Gasteiger partial charge on any atom is -0.398 e. The van der Waals surface area contributed by atoms with Crippen molar-refractivity contribution in [2.24, 2.45) is 0 Å². The van der Waals surface area contributed by atoms with Gasteiger partial charge in [-0.15, -0.1) is 0 Å². The van der Waals surface area contributed by atoms with Gasteiger partial charge in [-0.25, -0.2) is 8.78 Å². The Kier molecular flexibility index (Phi) is 3.84. The molecule has 0 atom stereocenters. The Morgan fingerprint density at radius 2 is 2.19 bits per heavy atom. The van der Waals surface area contributed by atoms with Crippen molar-refractivity contribution in [3.63, 3.8) is 0 Å². The average molecular weight is 224 g/mol. The maximum absolute atomic E-state index is 13.2. The molecule has 0 aromatic heterocycles. The quantitative estimate of drug-likeness (QED) is 0.553. The number of anilines is 1. The molecule has 0 bridgehead atoms. The number of amides is 1. The molecule has 1 amide bonds. The molecule has 0 radical (unpaired) electrons. The molecule has 16 heavy (non-hydrogen) atoms. The van der Waals surface area contributed by atoms with Gasteiger partial charge >= 0.3 is 0 Å². The van der Waals surface area contributed by atoms with Crippen LogP contribution in [-0.4, -0.2) is 12.5 Å². The molecule has 0 unspecified atom stereocenters. The summed E-state index contributed by atoms with van der Waals surface area (Å²) < 4.78 is 26.0. The number of hydrogen-bond donors (Lipinski definition) is 2. The van der Waals surface area contributed by atoms with E-state index < -0.39 is 11.6 Å². The minimum absolute atomic E-state index is 0.0602. The van der Waals surface area contributed by atoms with Crippen LogP contribution in [0.15, 0.2) is 12.1 Å². The predicted octanol–water partition coefficient (Wildman–Crippen LogP) is 1.03. The molecule has 0 aliphatic rings. The first-order valence-corrected chi connectivity index (χ1v) is 4.49. The normalized spacial score (nSPS) is 9.19. The number of carbonyl (C=O) groups is 1. The van der Waals surface area contributed by atoms with Crippen LogP contribution in [0.1, 0.15) is 12.5 Å². The highest BCUT2D eigenvalue weighted by molar-refractivity contribution is 5.73. The zero-order chi connectivity index (χ0) is 12.1. The fraction of sp³-hybridized carbons (Fsp3) is 0.182. The van der Waals surface area contributed by atoms with Gasteiger partial charge in [0.1, 0.15) is 0 Å². The van der Waals surface area contributed by atoms with E-state index in [4.69, 9.17) is 5.73 Å². The fourth-order valence-corrected chi connectivity index (χ4v) is 0.994. The summed E-state index contributed by atoms with van der Waals surface area (Å²) in [5.74, 6) is 2.52. The molecular formula is C11H10F2N2O. The van der Waals surface area contributed by atoms with Crippen LogP contribution < -0.4 is 11.1 Å². The first kappa shape index (κ1) is 12.0. The van der Waals surface area contributed by atoms with E-state index in [1.807, 2.05) is 0 Å². The summed E-state index contributed by atoms with van der Waals surface area (Å²) in [6.45, 7) is 1.39. The van der Waals surface area contributed by atoms with Crippen molar-refractivity contribution in [2.45, 2.75) is 6.92 Å². The summed E-state index contributed by atoms with van der Waals surface area (Å²) in [6, 6.07) is 2.17. The van der Waals surface area contributed by atoms with Crippen molar-refractivity contribution in [1.29, 1.82) is 0 Å². The van der Waals surface area contributed by atoms with Gasteiger partial charge in [-0.1, -0.05) is 11.8 Å². The van der Waals surface area contributed by atoms with Crippen molar-refractivity contribution in [3.8, 4) is 11.8 Å². The average Bonchev–Trinajstić information content (AvgIpc) is 2.22. The van der Waals surface area contributed by atoms with Gasteiger partial charge in [0, 0.05) is 6.92 Å². The zero-order valence-electron chi connectivity index (χ0n) is 8.60. The SMILES string of the molecule is CC(=O)NCC#Cc1c(N)ccc(F)c1F. The number of carbonyl (C=O) groups excluding carboxylic acids is 1. The summed E-state index contributed by atoms with van der Waals surface area (Å²) in [6.07, 6.45) is 0. The molecule has 84 valence electrons. The van der Waals surface area contributed by atoms with E-state index in [-0.39, 0.29) is 23.7 Å². The van der Waals surface area contributed by atoms with Gasteiger partial charge in [0.05, 0.1) is 17.8 Å². The van der Waals surface area contributed by atoms with Crippen molar-refractivity contribution in [2.75, 3.05) is 12.3 Å². The van der Waals surface area contributed by atoms with E-state index in [0.29, 0.717) is 0 Å². The highest BCUT2D eigenvalue weighted by Gasteiger charge is 2.08. The summed E-state index contributed by atoms with van der Waals surface area (Å²) in [5.41, 5.74) is 5.31. The van der Waals surface area contributed by atoms with Crippen LogP contribution in [0.5, 0.6) is 0 Å². The highest BCUT2D eigenvalue weighted by atomic mass is 19.2. The number of nitrogens with two attached hydrogens (primary N) is 1. The van der Waals surface area contributed by atoms with Gasteiger partial charge in [-0.05, 0) is 12.1 Å². The van der Waals surface area contributed by atoms with Crippen LogP contribution >= 0.6 is 0 Å². The van der Waals surface area contributed by atoms with Gasteiger partial charge in [0.2, 0.25) is 5.91 Å². The monoisotopic (exact) mass is 224 g/mol. The highest BCUT2D eigenvalue weighted by Crippen LogP contribution is 2.17. The minimum atomic E-state index is -1.07. The molecule has 3 N–H and O–H groups in total. The van der Waals surface area contributed by atoms with Crippen LogP contribution in [0, 0.1) is 23.5 Å². The number of rotatable bonds is 1. The first-order chi connectivity index (χ1) is 7.52. The Hall–Kier alpha value is -2.09. The lowest BCUT2D eigenvalue weighted by Crippen LogP contribution is -2.19. The number of nitrogens with one attached hydrogen (secondary N) is 1. The molecule has 1 aromatic carbocycles. The number of nitrogen functional groups attached to an aromatic ring is 1. The molecular weight excluding hydrogens is 214 g/mol. The summed E-state index contributed by atoms with van der Waals surface area (Å²) in [4.78, 5) is 10.5. The second-order valence-corrected chi connectivity index (χ2v) is 3.04. The summed E-state index contributed by atoms with van der Waals surface area (Å²) in [7, 11) is 0. The smallest absolute Gasteiger partial charge is 0.217 e. The molecule has 0 saturated heterocycles. The van der Waals surface area contributed by atoms with Crippen molar-refractivity contribution >= 4 is 11.6 Å². The number of halogens is 2. The van der Waals surface area contributed by atoms with Crippen LogP contribution in [0.4, 0.5) is 14.5 Å². The van der Waals surface area contributed by atoms with Gasteiger partial charge in [-0.2, -0.15) is 0 Å². The molecule has 0 saturated carbocycles. The second-order valence-electron chi connectivity index (χ2n) is 3.04. The van der Waals surface area contributed by atoms with E-state index in [1.54, 1.807) is 0 Å². The Morgan fingerprint density at radius 1 is 1.50 bits per heavy atom. The molecule has 0 spiro atoms. The van der Waals surface area contributed by atoms with E-state index >= 15 is 0 Å².